The first-order chi connectivity index (χ1) is 7.77. The largest absolute Gasteiger partial charge is 0.272 e. The van der Waals surface area contributed by atoms with Crippen molar-refractivity contribution in [3.05, 3.63) is 35.6 Å². The molecule has 1 amide bonds. The lowest BCUT2D eigenvalue weighted by Gasteiger charge is -2.25. The van der Waals surface area contributed by atoms with Crippen molar-refractivity contribution in [3.8, 4) is 0 Å². The molecule has 1 heterocycles. The number of carbonyl (C=O) groups is 1. The fourth-order valence-electron chi connectivity index (χ4n) is 1.69. The molecule has 86 valence electrons. The van der Waals surface area contributed by atoms with Crippen LogP contribution in [0, 0.1) is 5.82 Å². The van der Waals surface area contributed by atoms with E-state index < -0.39 is 0 Å². The molecule has 1 aromatic rings. The summed E-state index contributed by atoms with van der Waals surface area (Å²) < 4.78 is 13.3. The second-order valence-electron chi connectivity index (χ2n) is 3.80. The highest BCUT2D eigenvalue weighted by atomic mass is 19.1. The quantitative estimate of drug-likeness (QED) is 0.766. The van der Waals surface area contributed by atoms with Crippen LogP contribution in [0.2, 0.25) is 0 Å². The van der Waals surface area contributed by atoms with Crippen molar-refractivity contribution in [2.24, 2.45) is 0 Å². The first-order valence-electron chi connectivity index (χ1n) is 5.44. The van der Waals surface area contributed by atoms with Crippen LogP contribution in [0.15, 0.2) is 24.3 Å². The van der Waals surface area contributed by atoms with E-state index in [4.69, 9.17) is 4.84 Å². The lowest BCUT2D eigenvalue weighted by atomic mass is 10.1. The molecular weight excluding hydrogens is 209 g/mol. The van der Waals surface area contributed by atoms with E-state index in [1.165, 1.54) is 11.1 Å². The normalized spacial score (nSPS) is 16.2. The maximum Gasteiger partial charge on any atom is 0.250 e. The Kier molecular flexibility index (Phi) is 3.51. The van der Waals surface area contributed by atoms with E-state index in [0.717, 1.165) is 12.8 Å². The highest BCUT2D eigenvalue weighted by Crippen LogP contribution is 2.11. The second-order valence-corrected chi connectivity index (χ2v) is 3.80. The third-order valence-corrected chi connectivity index (χ3v) is 2.58. The van der Waals surface area contributed by atoms with Crippen molar-refractivity contribution >= 4 is 5.91 Å². The lowest BCUT2D eigenvalue weighted by molar-refractivity contribution is -0.196. The maximum atomic E-state index is 13.3. The minimum absolute atomic E-state index is 0.0622. The molecule has 1 aromatic carbocycles. The number of carbonyl (C=O) groups excluding carboxylic acids is 1. The summed E-state index contributed by atoms with van der Waals surface area (Å²) in [5.41, 5.74) is 0.418. The van der Waals surface area contributed by atoms with E-state index in [2.05, 4.69) is 0 Å². The summed E-state index contributed by atoms with van der Waals surface area (Å²) in [6.45, 7) is 1.18. The zero-order valence-corrected chi connectivity index (χ0v) is 8.99. The Hall–Kier alpha value is -1.42. The van der Waals surface area contributed by atoms with Crippen LogP contribution in [0.3, 0.4) is 0 Å². The summed E-state index contributed by atoms with van der Waals surface area (Å²) in [4.78, 5) is 17.0. The van der Waals surface area contributed by atoms with E-state index in [9.17, 15) is 9.18 Å². The molecule has 0 spiro atoms. The van der Waals surface area contributed by atoms with Gasteiger partial charge in [0.2, 0.25) is 0 Å². The van der Waals surface area contributed by atoms with Crippen LogP contribution in [-0.2, 0) is 16.1 Å². The average molecular weight is 223 g/mol. The number of hydrogen-bond donors (Lipinski definition) is 0. The first kappa shape index (κ1) is 11.1. The first-order valence-corrected chi connectivity index (χ1v) is 5.44. The molecule has 1 fully saturated rings. The molecule has 16 heavy (non-hydrogen) atoms. The molecule has 2 rings (SSSR count). The predicted octanol–water partition coefficient (Wildman–Crippen LogP) is 1.92. The fourth-order valence-corrected chi connectivity index (χ4v) is 1.69. The molecule has 4 heteroatoms. The van der Waals surface area contributed by atoms with Crippen molar-refractivity contribution in [2.45, 2.75) is 19.3 Å². The Bertz CT molecular complexity index is 375. The zero-order valence-electron chi connectivity index (χ0n) is 8.99. The Morgan fingerprint density at radius 3 is 2.88 bits per heavy atom. The summed E-state index contributed by atoms with van der Waals surface area (Å²) in [5.74, 6) is -0.516. The van der Waals surface area contributed by atoms with Gasteiger partial charge in [-0.05, 0) is 24.5 Å². The molecule has 1 aliphatic heterocycles. The van der Waals surface area contributed by atoms with Gasteiger partial charge in [-0.25, -0.2) is 9.45 Å². The van der Waals surface area contributed by atoms with Crippen molar-refractivity contribution in [1.29, 1.82) is 0 Å². The Balaban J connectivity index is 1.99. The molecule has 0 aliphatic carbocycles. The Morgan fingerprint density at radius 2 is 2.19 bits per heavy atom. The van der Waals surface area contributed by atoms with Crippen molar-refractivity contribution in [1.82, 2.24) is 5.06 Å². The molecule has 3 nitrogen and oxygen atoms in total. The van der Waals surface area contributed by atoms with Gasteiger partial charge < -0.3 is 0 Å². The van der Waals surface area contributed by atoms with Gasteiger partial charge in [-0.1, -0.05) is 18.2 Å². The topological polar surface area (TPSA) is 29.5 Å². The Labute approximate surface area is 93.8 Å². The van der Waals surface area contributed by atoms with E-state index in [0.29, 0.717) is 18.7 Å². The van der Waals surface area contributed by atoms with Gasteiger partial charge in [0, 0.05) is 6.54 Å². The molecule has 0 unspecified atom stereocenters. The number of amides is 1. The maximum absolute atomic E-state index is 13.3. The van der Waals surface area contributed by atoms with Crippen LogP contribution >= 0.6 is 0 Å². The molecule has 0 atom stereocenters. The van der Waals surface area contributed by atoms with E-state index in [-0.39, 0.29) is 18.1 Å². The molecule has 1 aliphatic rings. The van der Waals surface area contributed by atoms with Crippen LogP contribution in [-0.4, -0.2) is 24.1 Å². The summed E-state index contributed by atoms with van der Waals surface area (Å²) in [6, 6.07) is 6.32. The monoisotopic (exact) mass is 223 g/mol. The molecule has 0 aromatic heterocycles. The minimum Gasteiger partial charge on any atom is -0.272 e. The van der Waals surface area contributed by atoms with Crippen LogP contribution in [0.5, 0.6) is 0 Å². The van der Waals surface area contributed by atoms with Gasteiger partial charge in [0.15, 0.2) is 0 Å². The molecule has 0 radical (unpaired) electrons. The summed E-state index contributed by atoms with van der Waals surface area (Å²) >= 11 is 0. The SMILES string of the molecule is O=C(Cc1ccccc1F)N1CCCCO1. The number of benzene rings is 1. The Morgan fingerprint density at radius 1 is 1.38 bits per heavy atom. The van der Waals surface area contributed by atoms with E-state index >= 15 is 0 Å². The van der Waals surface area contributed by atoms with Crippen molar-refractivity contribution in [3.63, 3.8) is 0 Å². The van der Waals surface area contributed by atoms with Crippen LogP contribution < -0.4 is 0 Å². The van der Waals surface area contributed by atoms with Crippen LogP contribution in [0.25, 0.3) is 0 Å². The van der Waals surface area contributed by atoms with E-state index in [1.54, 1.807) is 18.2 Å². The fraction of sp³-hybridized carbons (Fsp3) is 0.417. The highest BCUT2D eigenvalue weighted by Gasteiger charge is 2.18. The van der Waals surface area contributed by atoms with Gasteiger partial charge in [-0.15, -0.1) is 0 Å². The smallest absolute Gasteiger partial charge is 0.250 e. The van der Waals surface area contributed by atoms with Crippen LogP contribution in [0.1, 0.15) is 18.4 Å². The van der Waals surface area contributed by atoms with E-state index in [1.807, 2.05) is 0 Å². The summed E-state index contributed by atoms with van der Waals surface area (Å²) in [7, 11) is 0. The third-order valence-electron chi connectivity index (χ3n) is 2.58. The molecule has 0 saturated carbocycles. The average Bonchev–Trinajstić information content (AvgIpc) is 2.33. The molecule has 0 bridgehead atoms. The number of rotatable bonds is 2. The third kappa shape index (κ3) is 2.58. The summed E-state index contributed by atoms with van der Waals surface area (Å²) in [5, 5.41) is 1.34. The lowest BCUT2D eigenvalue weighted by Crippen LogP contribution is -2.36. The van der Waals surface area contributed by atoms with Crippen LogP contribution in [0.4, 0.5) is 4.39 Å². The number of hydrogen-bond acceptors (Lipinski definition) is 2. The molecular formula is C12H14FNO2. The standard InChI is InChI=1S/C12H14FNO2/c13-11-6-2-1-5-10(11)9-12(15)14-7-3-4-8-16-14/h1-2,5-6H,3-4,7-9H2. The van der Waals surface area contributed by atoms with Gasteiger partial charge in [0.05, 0.1) is 13.0 Å². The number of halogens is 1. The van der Waals surface area contributed by atoms with Crippen molar-refractivity contribution < 1.29 is 14.0 Å². The van der Waals surface area contributed by atoms with Gasteiger partial charge >= 0.3 is 0 Å². The van der Waals surface area contributed by atoms with Gasteiger partial charge in [0.1, 0.15) is 5.82 Å². The zero-order chi connectivity index (χ0) is 11.4. The van der Waals surface area contributed by atoms with Gasteiger partial charge in [-0.2, -0.15) is 0 Å². The highest BCUT2D eigenvalue weighted by molar-refractivity contribution is 5.77. The molecule has 1 saturated heterocycles. The number of hydroxylamine groups is 2. The summed E-state index contributed by atoms with van der Waals surface area (Å²) in [6.07, 6.45) is 1.99. The predicted molar refractivity (Wildman–Crippen MR) is 57.0 cm³/mol. The second kappa shape index (κ2) is 5.07. The van der Waals surface area contributed by atoms with Gasteiger partial charge in [-0.3, -0.25) is 9.63 Å². The number of nitrogens with zero attached hydrogens (tertiary/aromatic N) is 1. The van der Waals surface area contributed by atoms with Gasteiger partial charge in [0.25, 0.3) is 5.91 Å². The van der Waals surface area contributed by atoms with Crippen molar-refractivity contribution in [2.75, 3.05) is 13.2 Å². The molecule has 0 N–H and O–H groups in total. The minimum atomic E-state index is -0.340.